The number of aliphatic hydroxyl groups excluding tert-OH is 2. The molecular formula is C11H13N3O4. The number of aliphatic hydroxyl groups is 2. The molecule has 0 spiro atoms. The minimum absolute atomic E-state index is 0.245. The maximum atomic E-state index is 11.8. The topological polar surface area (TPSA) is 100 Å². The highest BCUT2D eigenvalue weighted by Crippen LogP contribution is 2.30. The van der Waals surface area contributed by atoms with Crippen molar-refractivity contribution in [3.63, 3.8) is 0 Å². The Kier molecular flexibility index (Phi) is 2.66. The van der Waals surface area contributed by atoms with Crippen molar-refractivity contribution in [3.05, 3.63) is 28.9 Å². The monoisotopic (exact) mass is 251 g/mol. The van der Waals surface area contributed by atoms with E-state index in [4.69, 9.17) is 9.84 Å². The molecule has 0 aliphatic carbocycles. The van der Waals surface area contributed by atoms with Gasteiger partial charge in [0.25, 0.3) is 5.56 Å². The van der Waals surface area contributed by atoms with E-state index in [0.29, 0.717) is 17.5 Å². The Hall–Kier alpha value is -1.70. The van der Waals surface area contributed by atoms with E-state index in [2.05, 4.69) is 9.97 Å². The smallest absolute Gasteiger partial charge is 0.275 e. The second-order valence-corrected chi connectivity index (χ2v) is 4.30. The molecule has 1 fully saturated rings. The van der Waals surface area contributed by atoms with Crippen LogP contribution in [0.4, 0.5) is 0 Å². The summed E-state index contributed by atoms with van der Waals surface area (Å²) < 4.78 is 7.15. The molecule has 2 aromatic heterocycles. The summed E-state index contributed by atoms with van der Waals surface area (Å²) in [5.74, 6) is 0. The molecule has 0 aromatic carbocycles. The highest BCUT2D eigenvalue weighted by molar-refractivity contribution is 5.74. The van der Waals surface area contributed by atoms with Gasteiger partial charge in [-0.1, -0.05) is 0 Å². The Morgan fingerprint density at radius 3 is 3.17 bits per heavy atom. The van der Waals surface area contributed by atoms with Gasteiger partial charge in [-0.2, -0.15) is 0 Å². The van der Waals surface area contributed by atoms with Crippen molar-refractivity contribution in [2.75, 3.05) is 6.61 Å². The molecular weight excluding hydrogens is 238 g/mol. The Balaban J connectivity index is 2.03. The first-order valence-corrected chi connectivity index (χ1v) is 5.69. The maximum absolute atomic E-state index is 11.8. The Bertz CT molecular complexity index is 620. The summed E-state index contributed by atoms with van der Waals surface area (Å²) in [6.07, 6.45) is 1.58. The quantitative estimate of drug-likeness (QED) is 0.659. The molecule has 3 rings (SSSR count). The van der Waals surface area contributed by atoms with Gasteiger partial charge >= 0.3 is 0 Å². The third-order valence-corrected chi connectivity index (χ3v) is 3.20. The van der Waals surface area contributed by atoms with Gasteiger partial charge in [0, 0.05) is 12.6 Å². The lowest BCUT2D eigenvalue weighted by Crippen LogP contribution is -2.24. The van der Waals surface area contributed by atoms with Crippen molar-refractivity contribution in [3.8, 4) is 0 Å². The average Bonchev–Trinajstić information content (AvgIpc) is 2.93. The van der Waals surface area contributed by atoms with Gasteiger partial charge in [0.15, 0.2) is 0 Å². The summed E-state index contributed by atoms with van der Waals surface area (Å²) in [4.78, 5) is 18.3. The predicted octanol–water partition coefficient (Wildman–Crippen LogP) is -0.635. The lowest BCUT2D eigenvalue weighted by atomic mass is 10.2. The molecule has 96 valence electrons. The predicted molar refractivity (Wildman–Crippen MR) is 62.0 cm³/mol. The van der Waals surface area contributed by atoms with Gasteiger partial charge in [0.05, 0.1) is 24.6 Å². The number of aromatic amines is 1. The van der Waals surface area contributed by atoms with Crippen LogP contribution in [0.2, 0.25) is 0 Å². The average molecular weight is 251 g/mol. The molecule has 0 bridgehead atoms. The van der Waals surface area contributed by atoms with Gasteiger partial charge in [-0.05, 0) is 6.07 Å². The fraction of sp³-hybridized carbons (Fsp3) is 0.455. The lowest BCUT2D eigenvalue weighted by Gasteiger charge is -2.14. The fourth-order valence-corrected chi connectivity index (χ4v) is 2.29. The van der Waals surface area contributed by atoms with E-state index in [0.717, 1.165) is 0 Å². The number of H-pyrrole nitrogens is 1. The van der Waals surface area contributed by atoms with E-state index in [1.165, 1.54) is 6.33 Å². The summed E-state index contributed by atoms with van der Waals surface area (Å²) in [5, 5.41) is 18.7. The van der Waals surface area contributed by atoms with Crippen LogP contribution in [-0.4, -0.2) is 43.6 Å². The lowest BCUT2D eigenvalue weighted by molar-refractivity contribution is -0.0429. The number of rotatable bonds is 2. The molecule has 3 atom stereocenters. The van der Waals surface area contributed by atoms with Gasteiger partial charge in [0.2, 0.25) is 0 Å². The molecule has 1 saturated heterocycles. The summed E-state index contributed by atoms with van der Waals surface area (Å²) >= 11 is 0. The van der Waals surface area contributed by atoms with Crippen LogP contribution in [0, 0.1) is 0 Å². The molecule has 1 aliphatic heterocycles. The van der Waals surface area contributed by atoms with Gasteiger partial charge in [-0.25, -0.2) is 4.98 Å². The zero-order valence-electron chi connectivity index (χ0n) is 9.48. The van der Waals surface area contributed by atoms with Crippen LogP contribution in [0.15, 0.2) is 23.4 Å². The normalized spacial score (nSPS) is 28.0. The summed E-state index contributed by atoms with van der Waals surface area (Å²) in [7, 11) is 0. The van der Waals surface area contributed by atoms with Gasteiger partial charge in [-0.3, -0.25) is 4.79 Å². The van der Waals surface area contributed by atoms with E-state index < -0.39 is 18.4 Å². The number of ether oxygens (including phenoxy) is 1. The SMILES string of the molecule is O=c1[nH]cnc2ccn([C@H]3C[C@H](O)[C@@H](CO)O3)c12. The Morgan fingerprint density at radius 2 is 2.44 bits per heavy atom. The zero-order chi connectivity index (χ0) is 12.7. The summed E-state index contributed by atoms with van der Waals surface area (Å²) in [6.45, 7) is -0.245. The van der Waals surface area contributed by atoms with Crippen LogP contribution in [0.25, 0.3) is 11.0 Å². The molecule has 18 heavy (non-hydrogen) atoms. The molecule has 0 radical (unpaired) electrons. The molecule has 3 heterocycles. The molecule has 0 amide bonds. The van der Waals surface area contributed by atoms with Crippen molar-refractivity contribution in [1.82, 2.24) is 14.5 Å². The maximum Gasteiger partial charge on any atom is 0.275 e. The second-order valence-electron chi connectivity index (χ2n) is 4.30. The van der Waals surface area contributed by atoms with Crippen LogP contribution in [0.1, 0.15) is 12.6 Å². The molecule has 2 aromatic rings. The highest BCUT2D eigenvalue weighted by atomic mass is 16.5. The van der Waals surface area contributed by atoms with Crippen molar-refractivity contribution in [2.24, 2.45) is 0 Å². The first kappa shape index (κ1) is 11.4. The largest absolute Gasteiger partial charge is 0.394 e. The Labute approximate surface area is 102 Å². The first-order valence-electron chi connectivity index (χ1n) is 5.69. The highest BCUT2D eigenvalue weighted by Gasteiger charge is 2.35. The number of fused-ring (bicyclic) bond motifs is 1. The van der Waals surface area contributed by atoms with E-state index in [9.17, 15) is 9.90 Å². The number of nitrogens with one attached hydrogen (secondary N) is 1. The molecule has 0 unspecified atom stereocenters. The summed E-state index contributed by atoms with van der Waals surface area (Å²) in [6, 6.07) is 1.71. The molecule has 7 heteroatoms. The van der Waals surface area contributed by atoms with Crippen LogP contribution in [0.5, 0.6) is 0 Å². The van der Waals surface area contributed by atoms with Crippen LogP contribution < -0.4 is 5.56 Å². The van der Waals surface area contributed by atoms with Gasteiger partial charge in [0.1, 0.15) is 17.8 Å². The second kappa shape index (κ2) is 4.20. The minimum atomic E-state index is -0.729. The van der Waals surface area contributed by atoms with Crippen molar-refractivity contribution in [2.45, 2.75) is 24.9 Å². The van der Waals surface area contributed by atoms with E-state index in [1.54, 1.807) is 16.8 Å². The first-order chi connectivity index (χ1) is 8.70. The van der Waals surface area contributed by atoms with E-state index in [-0.39, 0.29) is 12.2 Å². The zero-order valence-corrected chi connectivity index (χ0v) is 9.48. The van der Waals surface area contributed by atoms with Crippen molar-refractivity contribution < 1.29 is 14.9 Å². The molecule has 0 saturated carbocycles. The third kappa shape index (κ3) is 1.64. The number of nitrogens with zero attached hydrogens (tertiary/aromatic N) is 2. The van der Waals surface area contributed by atoms with Gasteiger partial charge in [-0.15, -0.1) is 0 Å². The molecule has 1 aliphatic rings. The van der Waals surface area contributed by atoms with E-state index in [1.807, 2.05) is 0 Å². The number of aromatic nitrogens is 3. The number of hydrogen-bond donors (Lipinski definition) is 3. The van der Waals surface area contributed by atoms with Crippen molar-refractivity contribution >= 4 is 11.0 Å². The van der Waals surface area contributed by atoms with Crippen LogP contribution >= 0.6 is 0 Å². The third-order valence-electron chi connectivity index (χ3n) is 3.20. The van der Waals surface area contributed by atoms with Gasteiger partial charge < -0.3 is 24.5 Å². The fourth-order valence-electron chi connectivity index (χ4n) is 2.29. The molecule has 7 nitrogen and oxygen atoms in total. The van der Waals surface area contributed by atoms with Crippen molar-refractivity contribution in [1.29, 1.82) is 0 Å². The Morgan fingerprint density at radius 1 is 1.61 bits per heavy atom. The minimum Gasteiger partial charge on any atom is -0.394 e. The van der Waals surface area contributed by atoms with Crippen LogP contribution in [0.3, 0.4) is 0 Å². The standard InChI is InChI=1S/C11H13N3O4/c15-4-8-7(16)3-9(18-8)14-2-1-6-10(14)11(17)13-5-12-6/h1-2,5,7-9,15-16H,3-4H2,(H,12,13,17)/t7-,8+,9+/m0/s1. The van der Waals surface area contributed by atoms with Crippen LogP contribution in [-0.2, 0) is 4.74 Å². The summed E-state index contributed by atoms with van der Waals surface area (Å²) in [5.41, 5.74) is 0.730. The molecule has 3 N–H and O–H groups in total. The van der Waals surface area contributed by atoms with E-state index >= 15 is 0 Å². The number of hydrogen-bond acceptors (Lipinski definition) is 5.